The third kappa shape index (κ3) is 5.25. The molecule has 0 radical (unpaired) electrons. The average molecular weight is 463 g/mol. The van der Waals surface area contributed by atoms with Gasteiger partial charge in [0.2, 0.25) is 0 Å². The third-order valence-corrected chi connectivity index (χ3v) is 7.33. The molecular weight excluding hydrogens is 433 g/mol. The molecule has 178 valence electrons. The van der Waals surface area contributed by atoms with Crippen molar-refractivity contribution in [1.29, 1.82) is 0 Å². The largest absolute Gasteiger partial charge is 0.478 e. The molecule has 2 N–H and O–H groups in total. The van der Waals surface area contributed by atoms with Crippen molar-refractivity contribution < 1.29 is 32.9 Å². The zero-order valence-corrected chi connectivity index (χ0v) is 18.4. The topological polar surface area (TPSA) is 66.8 Å². The number of aromatic carboxylic acids is 1. The standard InChI is InChI=1S/C26H29F3O4/c27-26(28,29)17-33-16-24(32)11-12-25(14-18-5-2-1-3-6-18)21(15-24)8-4-7-19-13-20(23(30)31)9-10-22(19)25/h1-3,5-6,9-10,13,21,32H,4,7-8,11-12,14-17H2,(H,30,31)/t21-,24+,25-/m0/s1. The molecule has 2 aromatic carbocycles. The van der Waals surface area contributed by atoms with E-state index in [1.165, 1.54) is 0 Å². The van der Waals surface area contributed by atoms with Crippen LogP contribution in [0.3, 0.4) is 0 Å². The Kier molecular flexibility index (Phi) is 6.56. The minimum Gasteiger partial charge on any atom is -0.478 e. The fourth-order valence-electron chi connectivity index (χ4n) is 5.88. The van der Waals surface area contributed by atoms with Gasteiger partial charge in [0.05, 0.1) is 17.8 Å². The van der Waals surface area contributed by atoms with Crippen LogP contribution in [0.1, 0.15) is 59.2 Å². The maximum absolute atomic E-state index is 12.6. The Labute approximate surface area is 191 Å². The summed E-state index contributed by atoms with van der Waals surface area (Å²) in [5.41, 5.74) is 1.91. The summed E-state index contributed by atoms with van der Waals surface area (Å²) in [6.45, 7) is -1.70. The molecule has 4 rings (SSSR count). The molecule has 7 heteroatoms. The van der Waals surface area contributed by atoms with Crippen LogP contribution in [0.15, 0.2) is 48.5 Å². The number of carboxylic acid groups (broad SMARTS) is 1. The van der Waals surface area contributed by atoms with Crippen molar-refractivity contribution in [1.82, 2.24) is 0 Å². The lowest BCUT2D eigenvalue weighted by Crippen LogP contribution is -2.51. The van der Waals surface area contributed by atoms with Gasteiger partial charge in [-0.15, -0.1) is 0 Å². The van der Waals surface area contributed by atoms with Gasteiger partial charge in [-0.1, -0.05) is 36.4 Å². The van der Waals surface area contributed by atoms with Gasteiger partial charge in [0, 0.05) is 5.41 Å². The molecule has 0 heterocycles. The maximum atomic E-state index is 12.6. The van der Waals surface area contributed by atoms with Crippen LogP contribution in [0.25, 0.3) is 0 Å². The van der Waals surface area contributed by atoms with E-state index in [1.54, 1.807) is 12.1 Å². The summed E-state index contributed by atoms with van der Waals surface area (Å²) >= 11 is 0. The number of carbonyl (C=O) groups is 1. The molecule has 0 bridgehead atoms. The Morgan fingerprint density at radius 2 is 1.88 bits per heavy atom. The molecule has 0 spiro atoms. The summed E-state index contributed by atoms with van der Waals surface area (Å²) in [5.74, 6) is -0.918. The summed E-state index contributed by atoms with van der Waals surface area (Å²) in [5, 5.41) is 20.6. The summed E-state index contributed by atoms with van der Waals surface area (Å²) in [6, 6.07) is 15.4. The molecule has 0 aliphatic heterocycles. The number of carboxylic acids is 1. The van der Waals surface area contributed by atoms with Crippen LogP contribution in [0.2, 0.25) is 0 Å². The smallest absolute Gasteiger partial charge is 0.411 e. The first-order chi connectivity index (χ1) is 15.6. The Hall–Kier alpha value is -2.38. The molecule has 2 aliphatic rings. The SMILES string of the molecule is O=C(O)c1ccc2c(c1)CCC[C@H]1C[C@@](O)(COCC(F)(F)F)CC[C@@]21Cc1ccccc1. The van der Waals surface area contributed by atoms with E-state index in [0.717, 1.165) is 42.4 Å². The van der Waals surface area contributed by atoms with Crippen molar-refractivity contribution in [2.45, 2.75) is 62.1 Å². The zero-order valence-electron chi connectivity index (χ0n) is 18.4. The lowest BCUT2D eigenvalue weighted by Gasteiger charge is -2.50. The van der Waals surface area contributed by atoms with Crippen LogP contribution in [0, 0.1) is 5.92 Å². The van der Waals surface area contributed by atoms with Gasteiger partial charge >= 0.3 is 12.1 Å². The van der Waals surface area contributed by atoms with Crippen molar-refractivity contribution in [3.8, 4) is 0 Å². The van der Waals surface area contributed by atoms with Crippen LogP contribution >= 0.6 is 0 Å². The van der Waals surface area contributed by atoms with E-state index in [-0.39, 0.29) is 23.5 Å². The molecule has 33 heavy (non-hydrogen) atoms. The quantitative estimate of drug-likeness (QED) is 0.611. The first-order valence-electron chi connectivity index (χ1n) is 11.4. The van der Waals surface area contributed by atoms with Gasteiger partial charge < -0.3 is 14.9 Å². The van der Waals surface area contributed by atoms with E-state index >= 15 is 0 Å². The average Bonchev–Trinajstić information content (AvgIpc) is 2.90. The van der Waals surface area contributed by atoms with E-state index in [1.807, 2.05) is 24.3 Å². The second kappa shape index (κ2) is 9.11. The molecule has 2 aliphatic carbocycles. The number of benzene rings is 2. The Bertz CT molecular complexity index is 991. The number of rotatable bonds is 6. The number of alkyl halides is 3. The Morgan fingerprint density at radius 3 is 2.58 bits per heavy atom. The van der Waals surface area contributed by atoms with Gasteiger partial charge in [0.25, 0.3) is 0 Å². The second-order valence-corrected chi connectivity index (χ2v) is 9.62. The van der Waals surface area contributed by atoms with Crippen LogP contribution in [-0.2, 0) is 23.0 Å². The molecule has 1 fully saturated rings. The lowest BCUT2D eigenvalue weighted by atomic mass is 9.56. The first kappa shape index (κ1) is 23.8. The number of ether oxygens (including phenoxy) is 1. The highest BCUT2D eigenvalue weighted by atomic mass is 19.4. The van der Waals surface area contributed by atoms with E-state index in [4.69, 9.17) is 4.74 Å². The molecule has 0 aromatic heterocycles. The van der Waals surface area contributed by atoms with E-state index in [9.17, 15) is 28.2 Å². The number of halogens is 3. The Balaban J connectivity index is 1.68. The second-order valence-electron chi connectivity index (χ2n) is 9.62. The molecule has 0 saturated heterocycles. The Morgan fingerprint density at radius 1 is 1.12 bits per heavy atom. The van der Waals surface area contributed by atoms with Gasteiger partial charge in [0.15, 0.2) is 0 Å². The van der Waals surface area contributed by atoms with Crippen LogP contribution in [0.5, 0.6) is 0 Å². The van der Waals surface area contributed by atoms with Crippen molar-refractivity contribution in [3.63, 3.8) is 0 Å². The molecule has 0 amide bonds. The predicted octanol–water partition coefficient (Wildman–Crippen LogP) is 5.31. The van der Waals surface area contributed by atoms with Crippen molar-refractivity contribution in [2.24, 2.45) is 5.92 Å². The summed E-state index contributed by atoms with van der Waals surface area (Å²) in [4.78, 5) is 11.6. The van der Waals surface area contributed by atoms with Crippen molar-refractivity contribution in [3.05, 3.63) is 70.8 Å². The maximum Gasteiger partial charge on any atom is 0.411 e. The molecular formula is C26H29F3O4. The van der Waals surface area contributed by atoms with Gasteiger partial charge in [-0.25, -0.2) is 4.79 Å². The molecule has 4 nitrogen and oxygen atoms in total. The number of aryl methyl sites for hydroxylation is 1. The zero-order chi connectivity index (χ0) is 23.7. The predicted molar refractivity (Wildman–Crippen MR) is 117 cm³/mol. The molecule has 1 saturated carbocycles. The van der Waals surface area contributed by atoms with Crippen molar-refractivity contribution >= 4 is 5.97 Å². The first-order valence-corrected chi connectivity index (χ1v) is 11.4. The molecule has 3 atom stereocenters. The van der Waals surface area contributed by atoms with Crippen molar-refractivity contribution in [2.75, 3.05) is 13.2 Å². The number of hydrogen-bond acceptors (Lipinski definition) is 3. The van der Waals surface area contributed by atoms with Gasteiger partial charge in [-0.2, -0.15) is 13.2 Å². The number of fused-ring (bicyclic) bond motifs is 3. The summed E-state index contributed by atoms with van der Waals surface area (Å²) in [7, 11) is 0. The third-order valence-electron chi connectivity index (χ3n) is 7.33. The lowest BCUT2D eigenvalue weighted by molar-refractivity contribution is -0.192. The van der Waals surface area contributed by atoms with Gasteiger partial charge in [0.1, 0.15) is 6.61 Å². The molecule has 0 unspecified atom stereocenters. The fourth-order valence-corrected chi connectivity index (χ4v) is 5.88. The summed E-state index contributed by atoms with van der Waals surface area (Å²) in [6.07, 6.45) is -0.0264. The fraction of sp³-hybridized carbons (Fsp3) is 0.500. The summed E-state index contributed by atoms with van der Waals surface area (Å²) < 4.78 is 42.6. The van der Waals surface area contributed by atoms with Crippen LogP contribution in [-0.4, -0.2) is 41.2 Å². The number of hydrogen-bond donors (Lipinski definition) is 2. The number of aliphatic hydroxyl groups is 1. The minimum atomic E-state index is -4.43. The highest BCUT2D eigenvalue weighted by molar-refractivity contribution is 5.88. The van der Waals surface area contributed by atoms with Gasteiger partial charge in [-0.05, 0) is 79.7 Å². The van der Waals surface area contributed by atoms with E-state index in [0.29, 0.717) is 19.3 Å². The van der Waals surface area contributed by atoms with Crippen LogP contribution < -0.4 is 0 Å². The monoisotopic (exact) mass is 462 g/mol. The van der Waals surface area contributed by atoms with Crippen LogP contribution in [0.4, 0.5) is 13.2 Å². The highest BCUT2D eigenvalue weighted by Gasteiger charge is 2.51. The van der Waals surface area contributed by atoms with E-state index < -0.39 is 24.4 Å². The van der Waals surface area contributed by atoms with E-state index in [2.05, 4.69) is 12.1 Å². The normalized spacial score (nSPS) is 27.3. The van der Waals surface area contributed by atoms with Gasteiger partial charge in [-0.3, -0.25) is 0 Å². The highest BCUT2D eigenvalue weighted by Crippen LogP contribution is 2.53. The minimum absolute atomic E-state index is 0.0443. The molecule has 2 aromatic rings.